The molecule has 0 saturated carbocycles. The van der Waals surface area contributed by atoms with Crippen LogP contribution in [0.5, 0.6) is 0 Å². The van der Waals surface area contributed by atoms with Gasteiger partial charge in [-0.25, -0.2) is 0 Å². The maximum absolute atomic E-state index is 11.4. The van der Waals surface area contributed by atoms with Crippen molar-refractivity contribution in [3.63, 3.8) is 0 Å². The number of rotatable bonds is 9. The second kappa shape index (κ2) is 10.4. The van der Waals surface area contributed by atoms with Crippen molar-refractivity contribution >= 4 is 34.8 Å². The van der Waals surface area contributed by atoms with E-state index in [1.54, 1.807) is 6.92 Å². The van der Waals surface area contributed by atoms with E-state index < -0.39 is 6.10 Å². The lowest BCUT2D eigenvalue weighted by Crippen LogP contribution is -2.25. The zero-order chi connectivity index (χ0) is 14.8. The highest BCUT2D eigenvalue weighted by molar-refractivity contribution is 14.1. The van der Waals surface area contributed by atoms with Crippen LogP contribution in [-0.2, 0) is 19.1 Å². The predicted molar refractivity (Wildman–Crippen MR) is 81.0 cm³/mol. The third-order valence-corrected chi connectivity index (χ3v) is 2.68. The molecule has 19 heavy (non-hydrogen) atoms. The van der Waals surface area contributed by atoms with E-state index in [1.165, 1.54) is 0 Å². The molecule has 0 amide bonds. The summed E-state index contributed by atoms with van der Waals surface area (Å²) in [6, 6.07) is 0. The molecule has 7 heteroatoms. The minimum Gasteiger partial charge on any atom is -0.462 e. The number of hydrogen-bond acceptors (Lipinski definition) is 6. The predicted octanol–water partition coefficient (Wildman–Crippen LogP) is 1.08. The minimum absolute atomic E-state index is 0.109. The molecule has 0 aromatic rings. The number of esters is 2. The average molecular weight is 386 g/mol. The van der Waals surface area contributed by atoms with E-state index in [-0.39, 0.29) is 18.5 Å². The number of ether oxygens (including phenoxy) is 2. The first-order chi connectivity index (χ1) is 8.81. The zero-order valence-electron chi connectivity index (χ0n) is 12.0. The molecule has 112 valence electrons. The van der Waals surface area contributed by atoms with Gasteiger partial charge in [-0.3, -0.25) is 12.7 Å². The monoisotopic (exact) mass is 386 g/mol. The molecular formula is C12H23IN2O4. The largest absolute Gasteiger partial charge is 0.462 e. The average Bonchev–Trinajstić information content (AvgIpc) is 2.31. The third kappa shape index (κ3) is 12.4. The molecule has 0 rings (SSSR count). The Morgan fingerprint density at radius 3 is 2.21 bits per heavy atom. The van der Waals surface area contributed by atoms with Gasteiger partial charge in [0.05, 0.1) is 12.8 Å². The van der Waals surface area contributed by atoms with Gasteiger partial charge in [0.1, 0.15) is 12.7 Å². The molecule has 0 aromatic heterocycles. The first-order valence-corrected chi connectivity index (χ1v) is 7.14. The van der Waals surface area contributed by atoms with Crippen molar-refractivity contribution in [3.05, 3.63) is 0 Å². The van der Waals surface area contributed by atoms with Crippen molar-refractivity contribution in [1.82, 2.24) is 8.01 Å². The molecule has 0 fully saturated rings. The molecule has 6 nitrogen and oxygen atoms in total. The van der Waals surface area contributed by atoms with Gasteiger partial charge in [-0.15, -0.1) is 0 Å². The van der Waals surface area contributed by atoms with E-state index in [9.17, 15) is 9.59 Å². The molecule has 1 atom stereocenters. The molecule has 0 aromatic carbocycles. The molecule has 0 spiro atoms. The van der Waals surface area contributed by atoms with Gasteiger partial charge in [0.25, 0.3) is 0 Å². The molecule has 0 aliphatic carbocycles. The Balaban J connectivity index is 3.71. The Bertz CT molecular complexity index is 285. The fraction of sp³-hybridized carbons (Fsp3) is 0.833. The van der Waals surface area contributed by atoms with Crippen LogP contribution in [0, 0.1) is 0 Å². The minimum atomic E-state index is -0.407. The highest BCUT2D eigenvalue weighted by atomic mass is 127. The summed E-state index contributed by atoms with van der Waals surface area (Å²) in [5, 5.41) is 0. The molecule has 0 heterocycles. The Morgan fingerprint density at radius 1 is 1.11 bits per heavy atom. The second-order valence-corrected chi connectivity index (χ2v) is 6.26. The van der Waals surface area contributed by atoms with Crippen LogP contribution in [-0.4, -0.2) is 66.9 Å². The van der Waals surface area contributed by atoms with Crippen LogP contribution in [0.1, 0.15) is 19.8 Å². The summed E-state index contributed by atoms with van der Waals surface area (Å²) in [6.07, 6.45) is 0.265. The van der Waals surface area contributed by atoms with Gasteiger partial charge in [0.15, 0.2) is 0 Å². The molecule has 1 unspecified atom stereocenters. The number of carbonyl (C=O) groups is 2. The van der Waals surface area contributed by atoms with Crippen LogP contribution in [0.25, 0.3) is 0 Å². The maximum Gasteiger partial charge on any atom is 0.307 e. The Labute approximate surface area is 128 Å². The standard InChI is InChI=1S/C12H23IN2O4/c1-10(19-12(17)6-8-15(4)13)9-18-11(16)5-7-14(2)3/h10H,5-9H2,1-4H3. The summed E-state index contributed by atoms with van der Waals surface area (Å²) in [7, 11) is 5.66. The van der Waals surface area contributed by atoms with Crippen LogP contribution < -0.4 is 0 Å². The quantitative estimate of drug-likeness (QED) is 0.336. The van der Waals surface area contributed by atoms with Crippen LogP contribution >= 0.6 is 22.9 Å². The first kappa shape index (κ1) is 18.6. The van der Waals surface area contributed by atoms with Crippen LogP contribution in [0.15, 0.2) is 0 Å². The van der Waals surface area contributed by atoms with Crippen molar-refractivity contribution in [2.75, 3.05) is 40.8 Å². The third-order valence-electron chi connectivity index (χ3n) is 2.20. The highest BCUT2D eigenvalue weighted by Gasteiger charge is 2.12. The number of carbonyl (C=O) groups excluding carboxylic acids is 2. The first-order valence-electron chi connectivity index (χ1n) is 6.18. The van der Waals surface area contributed by atoms with E-state index in [1.807, 2.05) is 29.2 Å². The summed E-state index contributed by atoms with van der Waals surface area (Å²) in [4.78, 5) is 24.7. The number of halogens is 1. The smallest absolute Gasteiger partial charge is 0.307 e. The molecule has 0 radical (unpaired) electrons. The fourth-order valence-corrected chi connectivity index (χ4v) is 1.40. The van der Waals surface area contributed by atoms with E-state index >= 15 is 0 Å². The Hall–Kier alpha value is -0.410. The molecule has 0 saturated heterocycles. The maximum atomic E-state index is 11.4. The van der Waals surface area contributed by atoms with Crippen LogP contribution in [0.3, 0.4) is 0 Å². The topological polar surface area (TPSA) is 59.1 Å². The van der Waals surface area contributed by atoms with Crippen molar-refractivity contribution in [3.8, 4) is 0 Å². The Morgan fingerprint density at radius 2 is 1.68 bits per heavy atom. The van der Waals surface area contributed by atoms with Gasteiger partial charge in [0, 0.05) is 36.0 Å². The lowest BCUT2D eigenvalue weighted by atomic mass is 10.4. The van der Waals surface area contributed by atoms with Crippen molar-refractivity contribution in [2.24, 2.45) is 0 Å². The van der Waals surface area contributed by atoms with E-state index in [2.05, 4.69) is 22.9 Å². The van der Waals surface area contributed by atoms with E-state index in [0.29, 0.717) is 25.9 Å². The number of nitrogens with zero attached hydrogens (tertiary/aromatic N) is 2. The molecule has 0 aliphatic rings. The van der Waals surface area contributed by atoms with E-state index in [4.69, 9.17) is 9.47 Å². The van der Waals surface area contributed by atoms with Gasteiger partial charge < -0.3 is 14.4 Å². The SMILES string of the molecule is CC(COC(=O)CCN(C)C)OC(=O)CCN(C)I. The van der Waals surface area contributed by atoms with Gasteiger partial charge in [-0.1, -0.05) is 0 Å². The normalized spacial score (nSPS) is 12.6. The molecule has 0 bridgehead atoms. The molecular weight excluding hydrogens is 363 g/mol. The number of hydrogen-bond donors (Lipinski definition) is 0. The van der Waals surface area contributed by atoms with Gasteiger partial charge >= 0.3 is 11.9 Å². The van der Waals surface area contributed by atoms with Crippen molar-refractivity contribution < 1.29 is 19.1 Å². The second-order valence-electron chi connectivity index (χ2n) is 4.62. The van der Waals surface area contributed by atoms with Gasteiger partial charge in [-0.2, -0.15) is 0 Å². The highest BCUT2D eigenvalue weighted by Crippen LogP contribution is 2.00. The summed E-state index contributed by atoms with van der Waals surface area (Å²) in [5.41, 5.74) is 0. The van der Waals surface area contributed by atoms with E-state index in [0.717, 1.165) is 0 Å². The summed E-state index contributed by atoms with van der Waals surface area (Å²) >= 11 is 2.10. The van der Waals surface area contributed by atoms with Crippen molar-refractivity contribution in [2.45, 2.75) is 25.9 Å². The van der Waals surface area contributed by atoms with Gasteiger partial charge in [0.2, 0.25) is 0 Å². The van der Waals surface area contributed by atoms with Crippen LogP contribution in [0.2, 0.25) is 0 Å². The molecule has 0 N–H and O–H groups in total. The van der Waals surface area contributed by atoms with Gasteiger partial charge in [-0.05, 0) is 28.1 Å². The summed E-state index contributed by atoms with van der Waals surface area (Å²) in [5.74, 6) is -0.552. The lowest BCUT2D eigenvalue weighted by molar-refractivity contribution is -0.158. The Kier molecular flexibility index (Phi) is 10.2. The summed E-state index contributed by atoms with van der Waals surface area (Å²) in [6.45, 7) is 3.10. The molecule has 0 aliphatic heterocycles. The lowest BCUT2D eigenvalue weighted by Gasteiger charge is -2.15. The fourth-order valence-electron chi connectivity index (χ4n) is 1.16. The van der Waals surface area contributed by atoms with Crippen LogP contribution in [0.4, 0.5) is 0 Å². The van der Waals surface area contributed by atoms with Crippen molar-refractivity contribution in [1.29, 1.82) is 0 Å². The zero-order valence-corrected chi connectivity index (χ0v) is 14.2. The summed E-state index contributed by atoms with van der Waals surface area (Å²) < 4.78 is 12.0.